The Balaban J connectivity index is 1.35. The van der Waals surface area contributed by atoms with Crippen molar-refractivity contribution in [1.82, 2.24) is 19.9 Å². The van der Waals surface area contributed by atoms with Crippen molar-refractivity contribution >= 4 is 51.7 Å². The van der Waals surface area contributed by atoms with Crippen LogP contribution in [0.5, 0.6) is 0 Å². The van der Waals surface area contributed by atoms with Gasteiger partial charge in [0.05, 0.1) is 29.2 Å². The number of halogens is 1. The molecule has 0 radical (unpaired) electrons. The van der Waals surface area contributed by atoms with Crippen molar-refractivity contribution in [3.63, 3.8) is 0 Å². The number of carbonyl (C=O) groups excluding carboxylic acids is 2. The van der Waals surface area contributed by atoms with Crippen LogP contribution in [0.1, 0.15) is 6.92 Å². The molecule has 4 N–H and O–H groups in total. The Hall–Kier alpha value is -4.00. The molecule has 0 spiro atoms. The molecule has 1 aliphatic heterocycles. The lowest BCUT2D eigenvalue weighted by molar-refractivity contribution is -0.170. The highest BCUT2D eigenvalue weighted by atomic mass is 35.5. The Bertz CT molecular complexity index is 1420. The van der Waals surface area contributed by atoms with Crippen molar-refractivity contribution < 1.29 is 24.0 Å². The third-order valence-corrected chi connectivity index (χ3v) is 6.05. The van der Waals surface area contributed by atoms with E-state index in [2.05, 4.69) is 20.6 Å². The maximum atomic E-state index is 13.4. The highest BCUT2D eigenvalue weighted by molar-refractivity contribution is 6.36. The topological polar surface area (TPSA) is 162 Å². The SMILES string of the molecule is C[C@]1(C(O)C(=O)Nc2cc(Cl)c3c(N)noc3c2)OCCN(c2ccn(-c3ccncc3)n2)C1=O. The molecule has 0 aliphatic carbocycles. The summed E-state index contributed by atoms with van der Waals surface area (Å²) in [4.78, 5) is 31.6. The molecular weight excluding hydrogens is 478 g/mol. The van der Waals surface area contributed by atoms with Gasteiger partial charge >= 0.3 is 0 Å². The van der Waals surface area contributed by atoms with Gasteiger partial charge in [-0.2, -0.15) is 0 Å². The van der Waals surface area contributed by atoms with Crippen molar-refractivity contribution in [3.05, 3.63) is 53.9 Å². The van der Waals surface area contributed by atoms with Gasteiger partial charge in [-0.3, -0.25) is 19.5 Å². The predicted molar refractivity (Wildman–Crippen MR) is 126 cm³/mol. The number of nitrogens with zero attached hydrogens (tertiary/aromatic N) is 5. The number of nitrogens with one attached hydrogen (secondary N) is 1. The molecule has 0 bridgehead atoms. The second-order valence-electron chi connectivity index (χ2n) is 8.03. The van der Waals surface area contributed by atoms with Crippen LogP contribution < -0.4 is 16.0 Å². The lowest BCUT2D eigenvalue weighted by Crippen LogP contribution is -2.63. The number of anilines is 3. The number of benzene rings is 1. The van der Waals surface area contributed by atoms with E-state index in [4.69, 9.17) is 26.6 Å². The number of rotatable bonds is 5. The van der Waals surface area contributed by atoms with Gasteiger partial charge < -0.3 is 25.4 Å². The molecular formula is C22H20ClN7O5. The summed E-state index contributed by atoms with van der Waals surface area (Å²) in [6.45, 7) is 1.65. The number of nitrogen functional groups attached to an aromatic ring is 1. The number of carbonyl (C=O) groups is 2. The van der Waals surface area contributed by atoms with Crippen LogP contribution in [-0.4, -0.2) is 61.7 Å². The summed E-state index contributed by atoms with van der Waals surface area (Å²) in [5.41, 5.74) is 5.11. The van der Waals surface area contributed by atoms with Crippen molar-refractivity contribution in [2.75, 3.05) is 29.1 Å². The van der Waals surface area contributed by atoms with Crippen LogP contribution >= 0.6 is 11.6 Å². The highest BCUT2D eigenvalue weighted by Crippen LogP contribution is 2.33. The fourth-order valence-electron chi connectivity index (χ4n) is 3.87. The van der Waals surface area contributed by atoms with Crippen molar-refractivity contribution in [2.45, 2.75) is 18.6 Å². The Morgan fingerprint density at radius 3 is 2.86 bits per heavy atom. The first kappa shape index (κ1) is 22.8. The van der Waals surface area contributed by atoms with Crippen LogP contribution in [0.15, 0.2) is 53.4 Å². The number of fused-ring (bicyclic) bond motifs is 1. The van der Waals surface area contributed by atoms with E-state index in [1.165, 1.54) is 24.0 Å². The number of nitrogens with two attached hydrogens (primary N) is 1. The summed E-state index contributed by atoms with van der Waals surface area (Å²) in [5, 5.41) is 22.1. The zero-order chi connectivity index (χ0) is 24.7. The van der Waals surface area contributed by atoms with Gasteiger partial charge in [-0.05, 0) is 25.1 Å². The lowest BCUT2D eigenvalue weighted by atomic mass is 9.94. The predicted octanol–water partition coefficient (Wildman–Crippen LogP) is 1.77. The maximum Gasteiger partial charge on any atom is 0.263 e. The molecule has 12 nitrogen and oxygen atoms in total. The number of pyridine rings is 1. The second-order valence-corrected chi connectivity index (χ2v) is 8.43. The smallest absolute Gasteiger partial charge is 0.263 e. The normalized spacial score (nSPS) is 19.2. The molecule has 3 aromatic heterocycles. The minimum Gasteiger partial charge on any atom is -0.380 e. The van der Waals surface area contributed by atoms with Gasteiger partial charge in [0, 0.05) is 36.4 Å². The molecule has 4 heterocycles. The molecule has 5 rings (SSSR count). The molecule has 1 unspecified atom stereocenters. The van der Waals surface area contributed by atoms with E-state index in [0.29, 0.717) is 11.2 Å². The molecule has 180 valence electrons. The summed E-state index contributed by atoms with van der Waals surface area (Å²) < 4.78 is 12.3. The van der Waals surface area contributed by atoms with E-state index in [0.717, 1.165) is 5.69 Å². The zero-order valence-electron chi connectivity index (χ0n) is 18.4. The summed E-state index contributed by atoms with van der Waals surface area (Å²) in [6.07, 6.45) is 3.12. The maximum absolute atomic E-state index is 13.4. The summed E-state index contributed by atoms with van der Waals surface area (Å²) in [5.74, 6) is -1.01. The molecule has 35 heavy (non-hydrogen) atoms. The van der Waals surface area contributed by atoms with Crippen LogP contribution in [0.3, 0.4) is 0 Å². The molecule has 1 aromatic carbocycles. The monoisotopic (exact) mass is 497 g/mol. The molecule has 1 fully saturated rings. The summed E-state index contributed by atoms with van der Waals surface area (Å²) in [6, 6.07) is 8.10. The van der Waals surface area contributed by atoms with E-state index in [1.54, 1.807) is 41.5 Å². The molecule has 1 aliphatic rings. The average molecular weight is 498 g/mol. The van der Waals surface area contributed by atoms with Crippen LogP contribution in [0.2, 0.25) is 5.02 Å². The first-order chi connectivity index (χ1) is 16.8. The lowest BCUT2D eigenvalue weighted by Gasteiger charge is -2.40. The average Bonchev–Trinajstić information content (AvgIpc) is 3.48. The largest absolute Gasteiger partial charge is 0.380 e. The van der Waals surface area contributed by atoms with Crippen LogP contribution in [0.4, 0.5) is 17.3 Å². The molecule has 2 atom stereocenters. The quantitative estimate of drug-likeness (QED) is 0.373. The van der Waals surface area contributed by atoms with E-state index in [1.807, 2.05) is 0 Å². The standard InChI is InChI=1S/C22H20ClN7O5/c1-22(18(31)20(32)26-12-10-14(23)17-15(11-12)35-28-19(17)24)21(33)29(8-9-34-22)16-4-7-30(27-16)13-2-5-25-6-3-13/h2-7,10-11,18,31H,8-9H2,1H3,(H2,24,28)(H,26,32)/t18?,22-/m1/s1. The number of amides is 2. The number of aliphatic hydroxyl groups excluding tert-OH is 1. The van der Waals surface area contributed by atoms with Crippen LogP contribution in [0.25, 0.3) is 16.7 Å². The molecule has 4 aromatic rings. The fourth-order valence-corrected chi connectivity index (χ4v) is 4.18. The minimum atomic E-state index is -1.85. The van der Waals surface area contributed by atoms with Gasteiger partial charge in [0.15, 0.2) is 28.9 Å². The van der Waals surface area contributed by atoms with Gasteiger partial charge in [0.25, 0.3) is 11.8 Å². The van der Waals surface area contributed by atoms with E-state index in [-0.39, 0.29) is 35.3 Å². The molecule has 1 saturated heterocycles. The number of hydrogen-bond acceptors (Lipinski definition) is 9. The number of aliphatic hydroxyl groups is 1. The molecule has 0 saturated carbocycles. The zero-order valence-corrected chi connectivity index (χ0v) is 19.1. The molecule has 13 heteroatoms. The van der Waals surface area contributed by atoms with Crippen molar-refractivity contribution in [1.29, 1.82) is 0 Å². The Morgan fingerprint density at radius 1 is 1.31 bits per heavy atom. The number of aromatic nitrogens is 4. The number of morpholine rings is 1. The highest BCUT2D eigenvalue weighted by Gasteiger charge is 2.51. The minimum absolute atomic E-state index is 0.0871. The van der Waals surface area contributed by atoms with Gasteiger partial charge in [0.1, 0.15) is 0 Å². The van der Waals surface area contributed by atoms with Crippen LogP contribution in [-0.2, 0) is 14.3 Å². The van der Waals surface area contributed by atoms with Gasteiger partial charge in [-0.15, -0.1) is 5.10 Å². The van der Waals surface area contributed by atoms with Gasteiger partial charge in [-0.25, -0.2) is 4.68 Å². The van der Waals surface area contributed by atoms with E-state index in [9.17, 15) is 14.7 Å². The summed E-state index contributed by atoms with van der Waals surface area (Å²) in [7, 11) is 0. The Labute approximate surface area is 203 Å². The van der Waals surface area contributed by atoms with Gasteiger partial charge in [0.2, 0.25) is 0 Å². The Kier molecular flexibility index (Phi) is 5.63. The molecule has 2 amide bonds. The third kappa shape index (κ3) is 3.97. The number of ether oxygens (including phenoxy) is 1. The number of hydrogen-bond donors (Lipinski definition) is 3. The Morgan fingerprint density at radius 2 is 2.09 bits per heavy atom. The van der Waals surface area contributed by atoms with E-state index >= 15 is 0 Å². The first-order valence-electron chi connectivity index (χ1n) is 10.5. The van der Waals surface area contributed by atoms with Crippen molar-refractivity contribution in [2.24, 2.45) is 0 Å². The second kappa shape index (κ2) is 8.65. The third-order valence-electron chi connectivity index (χ3n) is 5.76. The first-order valence-corrected chi connectivity index (χ1v) is 10.9. The van der Waals surface area contributed by atoms with Gasteiger partial charge in [-0.1, -0.05) is 16.8 Å². The summed E-state index contributed by atoms with van der Waals surface area (Å²) >= 11 is 6.21. The van der Waals surface area contributed by atoms with E-state index < -0.39 is 23.5 Å². The fraction of sp³-hybridized carbons (Fsp3) is 0.227. The van der Waals surface area contributed by atoms with Crippen LogP contribution in [0, 0.1) is 0 Å². The van der Waals surface area contributed by atoms with Crippen molar-refractivity contribution in [3.8, 4) is 5.69 Å².